The monoisotopic (exact) mass is 415 g/mol. The van der Waals surface area contributed by atoms with Crippen molar-refractivity contribution in [3.63, 3.8) is 0 Å². The van der Waals surface area contributed by atoms with Gasteiger partial charge in [-0.05, 0) is 48.6 Å². The van der Waals surface area contributed by atoms with Crippen molar-refractivity contribution in [2.24, 2.45) is 0 Å². The lowest BCUT2D eigenvalue weighted by Crippen LogP contribution is -2.50. The fraction of sp³-hybridized carbons (Fsp3) is 0.364. The molecule has 0 aliphatic carbocycles. The lowest BCUT2D eigenvalue weighted by molar-refractivity contribution is -0.126. The van der Waals surface area contributed by atoms with E-state index in [0.29, 0.717) is 23.8 Å². The van der Waals surface area contributed by atoms with Gasteiger partial charge in [0.15, 0.2) is 0 Å². The maximum Gasteiger partial charge on any atom is 0.411 e. The molecular formula is C22H26ClN3O3. The molecule has 7 heteroatoms. The number of piperidine rings is 1. The molecule has 154 valence electrons. The van der Waals surface area contributed by atoms with Gasteiger partial charge in [-0.15, -0.1) is 0 Å². The molecule has 2 amide bonds. The summed E-state index contributed by atoms with van der Waals surface area (Å²) in [6.07, 6.45) is 1.98. The van der Waals surface area contributed by atoms with Crippen molar-refractivity contribution in [1.82, 2.24) is 10.4 Å². The molecular weight excluding hydrogens is 390 g/mol. The molecule has 1 heterocycles. The van der Waals surface area contributed by atoms with Gasteiger partial charge in [0.2, 0.25) is 5.91 Å². The molecule has 1 saturated heterocycles. The molecule has 1 atom stereocenters. The summed E-state index contributed by atoms with van der Waals surface area (Å²) in [5.74, 6) is -0.140. The summed E-state index contributed by atoms with van der Waals surface area (Å²) in [4.78, 5) is 24.5. The number of carbonyl (C=O) groups is 2. The predicted octanol–water partition coefficient (Wildman–Crippen LogP) is 4.19. The van der Waals surface area contributed by atoms with Gasteiger partial charge in [0, 0.05) is 17.3 Å². The molecule has 0 radical (unpaired) electrons. The quantitative estimate of drug-likeness (QED) is 0.742. The van der Waals surface area contributed by atoms with E-state index in [9.17, 15) is 9.59 Å². The molecule has 0 saturated carbocycles. The van der Waals surface area contributed by atoms with Crippen molar-refractivity contribution in [2.75, 3.05) is 18.4 Å². The van der Waals surface area contributed by atoms with E-state index in [0.717, 1.165) is 24.8 Å². The van der Waals surface area contributed by atoms with Crippen LogP contribution in [-0.4, -0.2) is 36.2 Å². The Morgan fingerprint density at radius 3 is 2.66 bits per heavy atom. The normalized spacial score (nSPS) is 16.8. The van der Waals surface area contributed by atoms with Crippen LogP contribution in [0, 0.1) is 0 Å². The van der Waals surface area contributed by atoms with Gasteiger partial charge in [-0.25, -0.2) is 9.80 Å². The highest BCUT2D eigenvalue weighted by Crippen LogP contribution is 2.17. The highest BCUT2D eigenvalue weighted by atomic mass is 35.5. The molecule has 2 aromatic rings. The smallest absolute Gasteiger partial charge is 0.411 e. The highest BCUT2D eigenvalue weighted by Gasteiger charge is 2.24. The number of amides is 2. The number of nitrogens with zero attached hydrogens (tertiary/aromatic N) is 1. The number of nitrogens with one attached hydrogen (secondary N) is 2. The summed E-state index contributed by atoms with van der Waals surface area (Å²) < 4.78 is 5.54. The van der Waals surface area contributed by atoms with Crippen LogP contribution in [0.3, 0.4) is 0 Å². The number of hydrazine groups is 1. The second kappa shape index (κ2) is 10.3. The fourth-order valence-corrected chi connectivity index (χ4v) is 3.49. The molecule has 2 aromatic carbocycles. The molecule has 0 bridgehead atoms. The van der Waals surface area contributed by atoms with E-state index < -0.39 is 6.09 Å². The lowest BCUT2D eigenvalue weighted by atomic mass is 10.1. The van der Waals surface area contributed by atoms with E-state index in [1.54, 1.807) is 11.1 Å². The molecule has 1 fully saturated rings. The second-order valence-electron chi connectivity index (χ2n) is 7.09. The largest absolute Gasteiger partial charge is 0.445 e. The van der Waals surface area contributed by atoms with Crippen LogP contribution in [0.2, 0.25) is 5.02 Å². The minimum absolute atomic E-state index is 0.140. The molecule has 6 nitrogen and oxygen atoms in total. The Labute approximate surface area is 176 Å². The van der Waals surface area contributed by atoms with Crippen molar-refractivity contribution in [1.29, 1.82) is 0 Å². The molecule has 3 rings (SSSR count). The van der Waals surface area contributed by atoms with E-state index in [1.807, 2.05) is 42.5 Å². The van der Waals surface area contributed by atoms with E-state index in [1.165, 1.54) is 5.56 Å². The average molecular weight is 416 g/mol. The van der Waals surface area contributed by atoms with Crippen LogP contribution < -0.4 is 10.7 Å². The Kier molecular flexibility index (Phi) is 7.49. The average Bonchev–Trinajstić information content (AvgIpc) is 2.70. The van der Waals surface area contributed by atoms with Gasteiger partial charge >= 0.3 is 6.09 Å². The number of hydrogen-bond donors (Lipinski definition) is 2. The number of hydrogen-bond acceptors (Lipinski definition) is 4. The van der Waals surface area contributed by atoms with Crippen LogP contribution in [-0.2, 0) is 22.4 Å². The van der Waals surface area contributed by atoms with Crippen LogP contribution >= 0.6 is 11.6 Å². The minimum atomic E-state index is -0.483. The highest BCUT2D eigenvalue weighted by molar-refractivity contribution is 6.31. The number of ether oxygens (including phenoxy) is 1. The minimum Gasteiger partial charge on any atom is -0.445 e. The maximum atomic E-state index is 12.3. The Balaban J connectivity index is 1.46. The first-order valence-corrected chi connectivity index (χ1v) is 10.3. The zero-order valence-electron chi connectivity index (χ0n) is 16.5. The molecule has 0 unspecified atom stereocenters. The summed E-state index contributed by atoms with van der Waals surface area (Å²) in [5, 5.41) is 5.13. The first kappa shape index (κ1) is 21.1. The summed E-state index contributed by atoms with van der Waals surface area (Å²) >= 11 is 6.12. The Morgan fingerprint density at radius 2 is 1.93 bits per heavy atom. The number of benzene rings is 2. The number of halogens is 1. The van der Waals surface area contributed by atoms with Gasteiger partial charge in [-0.3, -0.25) is 15.5 Å². The number of anilines is 1. The molecule has 0 aromatic heterocycles. The SMILES string of the molecule is CCc1ccc(NC(=O)O[C@H]2CCCN(NC(=O)Cc3ccccc3Cl)C2)cc1. The maximum absolute atomic E-state index is 12.3. The fourth-order valence-electron chi connectivity index (χ4n) is 3.29. The molecule has 1 aliphatic heterocycles. The van der Waals surface area contributed by atoms with Crippen LogP contribution in [0.4, 0.5) is 10.5 Å². The van der Waals surface area contributed by atoms with Gasteiger partial charge < -0.3 is 4.74 Å². The van der Waals surface area contributed by atoms with Crippen molar-refractivity contribution in [2.45, 2.75) is 38.7 Å². The third-order valence-electron chi connectivity index (χ3n) is 4.85. The number of carbonyl (C=O) groups excluding carboxylic acids is 2. The second-order valence-corrected chi connectivity index (χ2v) is 7.50. The molecule has 1 aliphatic rings. The van der Waals surface area contributed by atoms with E-state index in [2.05, 4.69) is 17.7 Å². The van der Waals surface area contributed by atoms with Crippen LogP contribution in [0.25, 0.3) is 0 Å². The zero-order chi connectivity index (χ0) is 20.6. The topological polar surface area (TPSA) is 70.7 Å². The standard InChI is InChI=1S/C22H26ClN3O3/c1-2-16-9-11-18(12-10-16)24-22(28)29-19-7-5-13-26(15-19)25-21(27)14-17-6-3-4-8-20(17)23/h3-4,6,8-12,19H,2,5,7,13-15H2,1H3,(H,24,28)(H,25,27)/t19-/m0/s1. The predicted molar refractivity (Wildman–Crippen MR) is 114 cm³/mol. The zero-order valence-corrected chi connectivity index (χ0v) is 17.2. The molecule has 29 heavy (non-hydrogen) atoms. The summed E-state index contributed by atoms with van der Waals surface area (Å²) in [6, 6.07) is 15.0. The van der Waals surface area contributed by atoms with Crippen LogP contribution in [0.15, 0.2) is 48.5 Å². The van der Waals surface area contributed by atoms with Gasteiger partial charge in [0.25, 0.3) is 0 Å². The van der Waals surface area contributed by atoms with E-state index in [-0.39, 0.29) is 18.4 Å². The Morgan fingerprint density at radius 1 is 1.17 bits per heavy atom. The van der Waals surface area contributed by atoms with Gasteiger partial charge in [0.05, 0.1) is 13.0 Å². The third kappa shape index (κ3) is 6.48. The summed E-state index contributed by atoms with van der Waals surface area (Å²) in [5.41, 5.74) is 5.58. The van der Waals surface area contributed by atoms with Gasteiger partial charge in [-0.1, -0.05) is 48.9 Å². The molecule has 0 spiro atoms. The number of aryl methyl sites for hydroxylation is 1. The van der Waals surface area contributed by atoms with E-state index in [4.69, 9.17) is 16.3 Å². The van der Waals surface area contributed by atoms with Crippen LogP contribution in [0.5, 0.6) is 0 Å². The van der Waals surface area contributed by atoms with Gasteiger partial charge in [0.1, 0.15) is 6.10 Å². The van der Waals surface area contributed by atoms with Crippen LogP contribution in [0.1, 0.15) is 30.9 Å². The van der Waals surface area contributed by atoms with Crippen molar-refractivity contribution in [3.8, 4) is 0 Å². The van der Waals surface area contributed by atoms with Crippen molar-refractivity contribution in [3.05, 3.63) is 64.7 Å². The summed E-state index contributed by atoms with van der Waals surface area (Å²) in [7, 11) is 0. The van der Waals surface area contributed by atoms with Crippen molar-refractivity contribution < 1.29 is 14.3 Å². The van der Waals surface area contributed by atoms with E-state index >= 15 is 0 Å². The first-order valence-electron chi connectivity index (χ1n) is 9.88. The third-order valence-corrected chi connectivity index (χ3v) is 5.22. The Hall–Kier alpha value is -2.57. The number of rotatable bonds is 6. The first-order chi connectivity index (χ1) is 14.0. The molecule has 2 N–H and O–H groups in total. The van der Waals surface area contributed by atoms with Gasteiger partial charge in [-0.2, -0.15) is 0 Å². The lowest BCUT2D eigenvalue weighted by Gasteiger charge is -2.32. The summed E-state index contributed by atoms with van der Waals surface area (Å²) in [6.45, 7) is 3.25. The van der Waals surface area contributed by atoms with Crippen molar-refractivity contribution >= 4 is 29.3 Å². The Bertz CT molecular complexity index is 841.